The number of ketones is 1. The summed E-state index contributed by atoms with van der Waals surface area (Å²) < 4.78 is 45.7. The van der Waals surface area contributed by atoms with Gasteiger partial charge in [0.2, 0.25) is 17.7 Å². The summed E-state index contributed by atoms with van der Waals surface area (Å²) in [7, 11) is -5.83. The molecule has 4 aromatic rings. The number of carboxylic acid groups (broad SMARTS) is 1. The minimum absolute atomic E-state index is 0.0190. The predicted octanol–water partition coefficient (Wildman–Crippen LogP) is 5.88. The van der Waals surface area contributed by atoms with Gasteiger partial charge in [-0.15, -0.1) is 0 Å². The monoisotopic (exact) mass is 1110 g/mol. The Morgan fingerprint density at radius 3 is 1.91 bits per heavy atom. The van der Waals surface area contributed by atoms with Crippen molar-refractivity contribution >= 4 is 59.9 Å². The lowest BCUT2D eigenvalue weighted by Gasteiger charge is -2.23. The van der Waals surface area contributed by atoms with Crippen molar-refractivity contribution in [2.75, 3.05) is 13.1 Å². The molecule has 1 aliphatic carbocycles. The number of primary amides is 1. The van der Waals surface area contributed by atoms with Gasteiger partial charge in [0.25, 0.3) is 11.8 Å². The molecule has 23 heteroatoms. The summed E-state index contributed by atoms with van der Waals surface area (Å²) in [6.07, 6.45) is 1.54. The van der Waals surface area contributed by atoms with Crippen LogP contribution in [-0.2, 0) is 42.2 Å². The van der Waals surface area contributed by atoms with E-state index in [4.69, 9.17) is 25.7 Å². The van der Waals surface area contributed by atoms with E-state index in [9.17, 15) is 61.9 Å². The first kappa shape index (κ1) is 60.1. The Hall–Kier alpha value is -8.17. The molecule has 4 aromatic carbocycles. The molecule has 79 heavy (non-hydrogen) atoms. The van der Waals surface area contributed by atoms with Crippen LogP contribution < -0.4 is 38.2 Å². The number of phenols is 1. The van der Waals surface area contributed by atoms with Gasteiger partial charge in [-0.25, -0.2) is 4.79 Å². The van der Waals surface area contributed by atoms with Crippen LogP contribution in [0.2, 0.25) is 0 Å². The summed E-state index contributed by atoms with van der Waals surface area (Å²) >= 11 is 0. The second-order valence-electron chi connectivity index (χ2n) is 19.1. The van der Waals surface area contributed by atoms with Crippen molar-refractivity contribution in [1.29, 1.82) is 0 Å². The fourth-order valence-corrected chi connectivity index (χ4v) is 9.25. The maximum Gasteiger partial charge on any atom is 0.399 e. The number of rotatable bonds is 27. The molecular weight excluding hydrogens is 1050 g/mol. The van der Waals surface area contributed by atoms with Crippen LogP contribution in [0, 0.1) is 5.92 Å². The van der Waals surface area contributed by atoms with Gasteiger partial charge in [0, 0.05) is 70.8 Å². The second kappa shape index (κ2) is 26.5. The molecule has 0 saturated carbocycles. The number of aryl methyl sites for hydroxylation is 1. The summed E-state index contributed by atoms with van der Waals surface area (Å²) in [6.45, 7) is 3.73. The number of halogens is 2. The Labute approximate surface area is 451 Å². The number of fused-ring (bicyclic) bond motifs is 2. The number of aromatic hydroxyl groups is 1. The minimum Gasteiger partial charge on any atom is -0.508 e. The number of benzene rings is 5. The number of hydrogen-bond acceptors (Lipinski definition) is 12. The summed E-state index contributed by atoms with van der Waals surface area (Å²) in [6, 6.07) is 19.8. The lowest BCUT2D eigenvalue weighted by Crippen LogP contribution is -2.50. The van der Waals surface area contributed by atoms with E-state index >= 15 is 0 Å². The van der Waals surface area contributed by atoms with Crippen molar-refractivity contribution in [3.05, 3.63) is 147 Å². The topological polar surface area (TPSA) is 348 Å². The number of phenolic OH excluding ortho intramolecular Hbond substituents is 1. The number of amides is 5. The van der Waals surface area contributed by atoms with Crippen molar-refractivity contribution in [3.8, 4) is 28.2 Å². The van der Waals surface area contributed by atoms with E-state index in [1.807, 2.05) is 19.1 Å². The Kier molecular flexibility index (Phi) is 20.1. The molecule has 5 amide bonds. The van der Waals surface area contributed by atoms with Gasteiger partial charge in [-0.1, -0.05) is 56.3 Å². The molecule has 0 fully saturated rings. The number of carbonyl (C=O) groups excluding carboxylic acids is 6. The maximum atomic E-state index is 14.2. The third kappa shape index (κ3) is 15.5. The number of aromatic carboxylic acids is 1. The van der Waals surface area contributed by atoms with Crippen LogP contribution >= 0.6 is 7.60 Å². The van der Waals surface area contributed by atoms with Crippen molar-refractivity contribution in [1.82, 2.24) is 21.3 Å². The van der Waals surface area contributed by atoms with Gasteiger partial charge >= 0.3 is 19.2 Å². The quantitative estimate of drug-likeness (QED) is 0.0164. The number of carboxylic acids is 1. The van der Waals surface area contributed by atoms with Gasteiger partial charge in [-0.3, -0.25) is 38.1 Å². The molecule has 0 aromatic heterocycles. The molecule has 2 aliphatic rings. The van der Waals surface area contributed by atoms with E-state index in [-0.39, 0.29) is 89.5 Å². The third-order valence-corrected chi connectivity index (χ3v) is 14.3. The van der Waals surface area contributed by atoms with E-state index in [0.717, 1.165) is 36.2 Å². The summed E-state index contributed by atoms with van der Waals surface area (Å²) in [4.78, 5) is 122. The number of alkyl halides is 2. The SMILES string of the molecule is CCc1ccc(C(=O)NCCCCC(NC(=O)C(N)Cc2ccc(C(F)(F)P(=O)(O)O)cc2)C(=O)CC(C)C(=O)NC(CCCCNC(=O)c2ccc(-c3c4ccc(=O)cc-4oc4cc(O)ccc34)c(C(=O)O)c2)C(N)=O)cc1. The zero-order valence-corrected chi connectivity index (χ0v) is 44.0. The second-order valence-corrected chi connectivity index (χ2v) is 20.8. The predicted molar refractivity (Wildman–Crippen MR) is 287 cm³/mol. The molecule has 1 aliphatic heterocycles. The maximum absolute atomic E-state index is 14.2. The molecule has 0 saturated heterocycles. The normalized spacial score (nSPS) is 13.2. The number of carbonyl (C=O) groups is 7. The Bertz CT molecular complexity index is 3310. The highest BCUT2D eigenvalue weighted by atomic mass is 31.2. The first-order valence-electron chi connectivity index (χ1n) is 25.3. The average Bonchev–Trinajstić information content (AvgIpc) is 3.60. The van der Waals surface area contributed by atoms with Crippen LogP contribution in [0.1, 0.15) is 107 Å². The zero-order valence-electron chi connectivity index (χ0n) is 43.1. The Balaban J connectivity index is 1.03. The van der Waals surface area contributed by atoms with Crippen LogP contribution in [0.4, 0.5) is 8.78 Å². The van der Waals surface area contributed by atoms with Crippen LogP contribution in [-0.4, -0.2) is 92.5 Å². The zero-order chi connectivity index (χ0) is 57.8. The minimum atomic E-state index is -5.83. The molecule has 0 bridgehead atoms. The van der Waals surface area contributed by atoms with Crippen LogP contribution in [0.25, 0.3) is 33.4 Å². The van der Waals surface area contributed by atoms with Gasteiger partial charge in [0.15, 0.2) is 11.2 Å². The number of nitrogens with one attached hydrogen (secondary N) is 4. The fraction of sp³-hybridized carbons (Fsp3) is 0.321. The molecule has 0 spiro atoms. The molecule has 4 atom stereocenters. The first-order valence-corrected chi connectivity index (χ1v) is 26.9. The molecule has 6 rings (SSSR count). The van der Waals surface area contributed by atoms with E-state index in [0.29, 0.717) is 41.3 Å². The molecule has 4 unspecified atom stereocenters. The smallest absolute Gasteiger partial charge is 0.399 e. The van der Waals surface area contributed by atoms with Crippen LogP contribution in [0.3, 0.4) is 0 Å². The van der Waals surface area contributed by atoms with Gasteiger partial charge in [-0.05, 0) is 117 Å². The van der Waals surface area contributed by atoms with Gasteiger partial charge < -0.3 is 57.2 Å². The van der Waals surface area contributed by atoms with E-state index in [1.165, 1.54) is 55.5 Å². The molecular formula is C56H61F2N6O14P. The highest BCUT2D eigenvalue weighted by Gasteiger charge is 2.50. The number of unbranched alkanes of at least 4 members (excludes halogenated alkanes) is 2. The molecule has 20 nitrogen and oxygen atoms in total. The molecule has 12 N–H and O–H groups in total. The Morgan fingerprint density at radius 1 is 0.722 bits per heavy atom. The van der Waals surface area contributed by atoms with Gasteiger partial charge in [-0.2, -0.15) is 8.78 Å². The van der Waals surface area contributed by atoms with E-state index in [1.54, 1.807) is 18.2 Å². The van der Waals surface area contributed by atoms with Crippen molar-refractivity contribution in [3.63, 3.8) is 0 Å². The van der Waals surface area contributed by atoms with Crippen molar-refractivity contribution in [2.24, 2.45) is 17.4 Å². The van der Waals surface area contributed by atoms with E-state index in [2.05, 4.69) is 21.3 Å². The highest BCUT2D eigenvalue weighted by molar-refractivity contribution is 7.52. The Morgan fingerprint density at radius 2 is 1.30 bits per heavy atom. The highest BCUT2D eigenvalue weighted by Crippen LogP contribution is 2.59. The lowest BCUT2D eigenvalue weighted by molar-refractivity contribution is -0.133. The summed E-state index contributed by atoms with van der Waals surface area (Å²) in [5.41, 5.74) is 8.88. The third-order valence-electron chi connectivity index (χ3n) is 13.3. The lowest BCUT2D eigenvalue weighted by atomic mass is 9.90. The van der Waals surface area contributed by atoms with Gasteiger partial charge in [0.05, 0.1) is 17.6 Å². The fourth-order valence-electron chi connectivity index (χ4n) is 8.76. The molecule has 1 heterocycles. The van der Waals surface area contributed by atoms with Crippen LogP contribution in [0.5, 0.6) is 5.75 Å². The molecule has 0 radical (unpaired) electrons. The van der Waals surface area contributed by atoms with E-state index < -0.39 is 84.7 Å². The summed E-state index contributed by atoms with van der Waals surface area (Å²) in [5.74, 6) is -6.20. The largest absolute Gasteiger partial charge is 0.508 e. The van der Waals surface area contributed by atoms with Crippen molar-refractivity contribution < 1.29 is 71.3 Å². The number of nitrogens with two attached hydrogens (primary N) is 2. The summed E-state index contributed by atoms with van der Waals surface area (Å²) in [5, 5.41) is 31.6. The first-order chi connectivity index (χ1) is 37.4. The molecule has 418 valence electrons. The van der Waals surface area contributed by atoms with Crippen molar-refractivity contribution in [2.45, 2.75) is 95.4 Å². The van der Waals surface area contributed by atoms with Crippen LogP contribution in [0.15, 0.2) is 112 Å². The average molecular weight is 1110 g/mol. The van der Waals surface area contributed by atoms with Gasteiger partial charge in [0.1, 0.15) is 23.1 Å². The standard InChI is InChI=1S/C56H61F2N6O14P/c1-3-32-10-14-34(15-11-32)52(70)61-24-6-4-8-44(63-54(72)43(59)27-33-12-17-36(18-13-33)56(57,58)79(75,76)77)46(67)26-31(2)51(69)64-45(50(60)68)9-5-7-25-62-53(71)35-16-21-39(42(28-35)55(73)74)49-40-22-19-37(65)29-47(40)78-48-30-38(66)20-23-41(48)49/h10-23,28-31,43-45,65H,3-9,24-27,59H2,1-2H3,(H2,60,68)(H,61,70)(H,62,71)(H,63,72)(H,64,69)(H,73,74)(H2,75,76,77). The number of hydrogen-bond donors (Lipinski definition) is 10. The number of Topliss-reactive ketones (excluding diaryl/α,β-unsaturated/α-hetero) is 1.